The van der Waals surface area contributed by atoms with Crippen LogP contribution in [0.1, 0.15) is 0 Å². The Morgan fingerprint density at radius 3 is 2.23 bits per heavy atom. The van der Waals surface area contributed by atoms with Crippen molar-refractivity contribution in [2.45, 2.75) is 0 Å². The minimum Gasteiger partial charge on any atom is -0.373 e. The molecule has 0 atom stereocenters. The largest absolute Gasteiger partial charge is 0.373 e. The van der Waals surface area contributed by atoms with Crippen molar-refractivity contribution in [3.05, 3.63) is 73.7 Å². The third kappa shape index (κ3) is 3.25. The lowest BCUT2D eigenvalue weighted by atomic mass is 10.0. The second-order valence-corrected chi connectivity index (χ2v) is 5.68. The van der Waals surface area contributed by atoms with Gasteiger partial charge in [-0.15, -0.1) is 0 Å². The molecule has 4 rings (SSSR count). The van der Waals surface area contributed by atoms with Crippen LogP contribution in [0.5, 0.6) is 0 Å². The maximum absolute atomic E-state index is 4.61. The van der Waals surface area contributed by atoms with Crippen LogP contribution in [-0.2, 0) is 0 Å². The van der Waals surface area contributed by atoms with E-state index in [0.29, 0.717) is 0 Å². The number of rotatable bonds is 4. The van der Waals surface area contributed by atoms with Crippen molar-refractivity contribution in [2.75, 3.05) is 12.4 Å². The minimum absolute atomic E-state index is 0.775. The molecule has 126 valence electrons. The van der Waals surface area contributed by atoms with Crippen molar-refractivity contribution in [1.82, 2.24) is 24.9 Å². The van der Waals surface area contributed by atoms with Crippen molar-refractivity contribution < 1.29 is 0 Å². The van der Waals surface area contributed by atoms with E-state index in [4.69, 9.17) is 0 Å². The van der Waals surface area contributed by atoms with Gasteiger partial charge < -0.3 is 5.32 Å². The average Bonchev–Trinajstić information content (AvgIpc) is 2.75. The Kier molecular flexibility index (Phi) is 4.30. The third-order valence-corrected chi connectivity index (χ3v) is 3.97. The maximum atomic E-state index is 4.61. The van der Waals surface area contributed by atoms with Crippen molar-refractivity contribution in [3.8, 4) is 33.6 Å². The molecule has 0 unspecified atom stereocenters. The highest BCUT2D eigenvalue weighted by Gasteiger charge is 2.09. The predicted octanol–water partition coefficient (Wildman–Crippen LogP) is 3.70. The molecule has 0 spiro atoms. The summed E-state index contributed by atoms with van der Waals surface area (Å²) in [4.78, 5) is 21.6. The van der Waals surface area contributed by atoms with Gasteiger partial charge in [-0.25, -0.2) is 15.0 Å². The van der Waals surface area contributed by atoms with E-state index in [2.05, 4.69) is 36.3 Å². The van der Waals surface area contributed by atoms with Gasteiger partial charge >= 0.3 is 0 Å². The van der Waals surface area contributed by atoms with E-state index in [1.807, 2.05) is 49.8 Å². The molecular weight excluding hydrogens is 324 g/mol. The summed E-state index contributed by atoms with van der Waals surface area (Å²) in [6, 6.07) is 11.9. The van der Waals surface area contributed by atoms with Crippen molar-refractivity contribution in [1.29, 1.82) is 0 Å². The molecule has 0 aromatic carbocycles. The molecule has 0 bridgehead atoms. The maximum Gasteiger partial charge on any atom is 0.127 e. The first-order valence-corrected chi connectivity index (χ1v) is 8.15. The number of anilines is 1. The predicted molar refractivity (Wildman–Crippen MR) is 101 cm³/mol. The summed E-state index contributed by atoms with van der Waals surface area (Å²) >= 11 is 0. The molecule has 6 heteroatoms. The van der Waals surface area contributed by atoms with Gasteiger partial charge in [-0.1, -0.05) is 6.07 Å². The molecule has 0 aliphatic carbocycles. The Morgan fingerprint density at radius 1 is 0.731 bits per heavy atom. The van der Waals surface area contributed by atoms with Gasteiger partial charge in [0.15, 0.2) is 0 Å². The van der Waals surface area contributed by atoms with Crippen LogP contribution in [0.3, 0.4) is 0 Å². The highest BCUT2D eigenvalue weighted by molar-refractivity contribution is 5.75. The molecule has 4 aromatic rings. The van der Waals surface area contributed by atoms with Gasteiger partial charge in [-0.05, 0) is 35.9 Å². The monoisotopic (exact) mass is 340 g/mol. The number of nitrogens with zero attached hydrogens (tertiary/aromatic N) is 5. The Morgan fingerprint density at radius 2 is 1.50 bits per heavy atom. The molecule has 0 amide bonds. The van der Waals surface area contributed by atoms with E-state index in [1.54, 1.807) is 18.6 Å². The number of hydrogen-bond donors (Lipinski definition) is 1. The molecule has 4 heterocycles. The van der Waals surface area contributed by atoms with Crippen LogP contribution >= 0.6 is 0 Å². The lowest BCUT2D eigenvalue weighted by Crippen LogP contribution is -1.96. The summed E-state index contributed by atoms with van der Waals surface area (Å²) in [6.07, 6.45) is 10.5. The van der Waals surface area contributed by atoms with Crippen molar-refractivity contribution in [2.24, 2.45) is 0 Å². The molecule has 0 saturated carbocycles. The molecule has 1 N–H and O–H groups in total. The van der Waals surface area contributed by atoms with Gasteiger partial charge in [0.2, 0.25) is 0 Å². The second-order valence-electron chi connectivity index (χ2n) is 5.68. The van der Waals surface area contributed by atoms with Crippen LogP contribution < -0.4 is 5.32 Å². The van der Waals surface area contributed by atoms with Crippen LogP contribution in [0.2, 0.25) is 0 Å². The molecular formula is C20H16N6. The Balaban J connectivity index is 1.81. The van der Waals surface area contributed by atoms with Crippen LogP contribution in [0.15, 0.2) is 73.7 Å². The molecule has 0 aliphatic rings. The van der Waals surface area contributed by atoms with E-state index < -0.39 is 0 Å². The normalized spacial score (nSPS) is 10.5. The Hall–Kier alpha value is -3.67. The molecule has 0 saturated heterocycles. The van der Waals surface area contributed by atoms with E-state index >= 15 is 0 Å². The van der Waals surface area contributed by atoms with Gasteiger partial charge in [0.1, 0.15) is 12.1 Å². The second kappa shape index (κ2) is 7.06. The number of nitrogens with one attached hydrogen (secondary N) is 1. The lowest BCUT2D eigenvalue weighted by molar-refractivity contribution is 1.17. The fraction of sp³-hybridized carbons (Fsp3) is 0.0500. The third-order valence-electron chi connectivity index (χ3n) is 3.97. The van der Waals surface area contributed by atoms with Crippen LogP contribution in [0, 0.1) is 0 Å². The van der Waals surface area contributed by atoms with Crippen molar-refractivity contribution in [3.63, 3.8) is 0 Å². The minimum atomic E-state index is 0.775. The molecule has 0 radical (unpaired) electrons. The smallest absolute Gasteiger partial charge is 0.127 e. The van der Waals surface area contributed by atoms with Gasteiger partial charge in [-0.3, -0.25) is 9.97 Å². The number of pyridine rings is 3. The van der Waals surface area contributed by atoms with E-state index in [0.717, 1.165) is 39.5 Å². The fourth-order valence-corrected chi connectivity index (χ4v) is 2.67. The highest BCUT2D eigenvalue weighted by atomic mass is 15.0. The number of hydrogen-bond acceptors (Lipinski definition) is 6. The van der Waals surface area contributed by atoms with Crippen LogP contribution in [0.4, 0.5) is 5.82 Å². The average molecular weight is 340 g/mol. The molecule has 6 nitrogen and oxygen atoms in total. The lowest BCUT2D eigenvalue weighted by Gasteiger charge is -2.10. The number of aromatic nitrogens is 5. The summed E-state index contributed by atoms with van der Waals surface area (Å²) in [5.41, 5.74) is 5.52. The Bertz CT molecular complexity index is 1020. The molecule has 0 fully saturated rings. The zero-order valence-corrected chi connectivity index (χ0v) is 14.2. The van der Waals surface area contributed by atoms with E-state index in [1.165, 1.54) is 6.33 Å². The first-order valence-electron chi connectivity index (χ1n) is 8.15. The van der Waals surface area contributed by atoms with Crippen molar-refractivity contribution >= 4 is 5.82 Å². The zero-order valence-electron chi connectivity index (χ0n) is 14.2. The highest BCUT2D eigenvalue weighted by Crippen LogP contribution is 2.29. The summed E-state index contributed by atoms with van der Waals surface area (Å²) in [6.45, 7) is 0. The zero-order chi connectivity index (χ0) is 17.8. The van der Waals surface area contributed by atoms with E-state index in [9.17, 15) is 0 Å². The summed E-state index contributed by atoms with van der Waals surface area (Å²) in [7, 11) is 1.85. The topological polar surface area (TPSA) is 76.5 Å². The van der Waals surface area contributed by atoms with E-state index in [-0.39, 0.29) is 0 Å². The molecule has 26 heavy (non-hydrogen) atoms. The molecule has 4 aromatic heterocycles. The SMILES string of the molecule is CNc1cc(-c2cncc(-c3cncnc3)c2)cc(-c2ccccn2)n1. The summed E-state index contributed by atoms with van der Waals surface area (Å²) in [5.74, 6) is 0.775. The first-order chi connectivity index (χ1) is 12.8. The standard InChI is InChI=1S/C20H16N6/c1-21-20-8-14(7-19(26-20)18-4-2-3-5-25-18)15-6-16(10-22-9-15)17-11-23-13-24-12-17/h2-13H,1H3,(H,21,26). The summed E-state index contributed by atoms with van der Waals surface area (Å²) in [5, 5.41) is 3.11. The fourth-order valence-electron chi connectivity index (χ4n) is 2.67. The van der Waals surface area contributed by atoms with Gasteiger partial charge in [0, 0.05) is 54.7 Å². The van der Waals surface area contributed by atoms with Gasteiger partial charge in [0.05, 0.1) is 11.4 Å². The Labute approximate surface area is 151 Å². The van der Waals surface area contributed by atoms with Gasteiger partial charge in [0.25, 0.3) is 0 Å². The van der Waals surface area contributed by atoms with Crippen LogP contribution in [0.25, 0.3) is 33.6 Å². The quantitative estimate of drug-likeness (QED) is 0.610. The van der Waals surface area contributed by atoms with Gasteiger partial charge in [-0.2, -0.15) is 0 Å². The first kappa shape index (κ1) is 15.8. The molecule has 0 aliphatic heterocycles. The summed E-state index contributed by atoms with van der Waals surface area (Å²) < 4.78 is 0. The van der Waals surface area contributed by atoms with Crippen LogP contribution in [-0.4, -0.2) is 32.0 Å².